The lowest BCUT2D eigenvalue weighted by atomic mass is 10.2. The first-order valence-corrected chi connectivity index (χ1v) is 6.46. The minimum Gasteiger partial charge on any atom is -0.380 e. The van der Waals surface area contributed by atoms with E-state index in [0.717, 1.165) is 11.3 Å². The molecule has 0 saturated carbocycles. The number of halogens is 1. The number of fused-ring (bicyclic) bond motifs is 1. The number of benzene rings is 1. The highest BCUT2D eigenvalue weighted by Gasteiger charge is 2.18. The molecule has 0 aliphatic rings. The van der Waals surface area contributed by atoms with Crippen molar-refractivity contribution in [1.29, 1.82) is 0 Å². The molecular weight excluding hydrogens is 245 g/mol. The molecule has 104 valence electrons. The van der Waals surface area contributed by atoms with Gasteiger partial charge in [-0.25, -0.2) is 9.37 Å². The van der Waals surface area contributed by atoms with E-state index in [-0.39, 0.29) is 18.0 Å². The van der Waals surface area contributed by atoms with Gasteiger partial charge in [-0.1, -0.05) is 6.07 Å². The summed E-state index contributed by atoms with van der Waals surface area (Å²) < 4.78 is 21.1. The minimum absolute atomic E-state index is 0.0997. The van der Waals surface area contributed by atoms with Gasteiger partial charge in [-0.3, -0.25) is 0 Å². The maximum absolute atomic E-state index is 13.8. The van der Waals surface area contributed by atoms with Gasteiger partial charge in [0.25, 0.3) is 0 Å². The van der Waals surface area contributed by atoms with Crippen molar-refractivity contribution in [2.75, 3.05) is 13.7 Å². The molecule has 2 N–H and O–H groups in total. The van der Waals surface area contributed by atoms with Crippen LogP contribution in [0.1, 0.15) is 25.7 Å². The van der Waals surface area contributed by atoms with Crippen molar-refractivity contribution in [2.24, 2.45) is 5.73 Å². The molecule has 19 heavy (non-hydrogen) atoms. The summed E-state index contributed by atoms with van der Waals surface area (Å²) in [7, 11) is 1.63. The number of rotatable bonds is 5. The van der Waals surface area contributed by atoms with Gasteiger partial charge >= 0.3 is 0 Å². The largest absolute Gasteiger partial charge is 0.380 e. The summed E-state index contributed by atoms with van der Waals surface area (Å²) in [6.45, 7) is 4.53. The Bertz CT molecular complexity index is 561. The van der Waals surface area contributed by atoms with Crippen molar-refractivity contribution in [3.8, 4) is 0 Å². The van der Waals surface area contributed by atoms with Crippen molar-refractivity contribution >= 4 is 11.0 Å². The van der Waals surface area contributed by atoms with Gasteiger partial charge in [-0.2, -0.15) is 0 Å². The first-order valence-electron chi connectivity index (χ1n) is 6.46. The number of aromatic nitrogens is 2. The highest BCUT2D eigenvalue weighted by atomic mass is 19.1. The van der Waals surface area contributed by atoms with E-state index >= 15 is 0 Å². The number of nitrogens with two attached hydrogens (primary N) is 1. The predicted octanol–water partition coefficient (Wildman–Crippen LogP) is 2.27. The van der Waals surface area contributed by atoms with Crippen LogP contribution in [-0.2, 0) is 11.2 Å². The van der Waals surface area contributed by atoms with E-state index in [1.54, 1.807) is 13.2 Å². The second-order valence-electron chi connectivity index (χ2n) is 4.90. The van der Waals surface area contributed by atoms with E-state index in [4.69, 9.17) is 10.5 Å². The fourth-order valence-corrected chi connectivity index (χ4v) is 2.32. The lowest BCUT2D eigenvalue weighted by Crippen LogP contribution is -2.26. The third-order valence-electron chi connectivity index (χ3n) is 3.27. The van der Waals surface area contributed by atoms with Crippen LogP contribution >= 0.6 is 0 Å². The van der Waals surface area contributed by atoms with Crippen LogP contribution in [0.2, 0.25) is 0 Å². The van der Waals surface area contributed by atoms with Crippen LogP contribution in [0, 0.1) is 5.82 Å². The number of nitrogens with zero attached hydrogens (tertiary/aromatic N) is 2. The highest BCUT2D eigenvalue weighted by Crippen LogP contribution is 2.24. The minimum atomic E-state index is -0.292. The van der Waals surface area contributed by atoms with Crippen LogP contribution in [-0.4, -0.2) is 29.3 Å². The molecule has 2 rings (SSSR count). The van der Waals surface area contributed by atoms with E-state index in [1.165, 1.54) is 6.07 Å². The number of hydrogen-bond acceptors (Lipinski definition) is 3. The van der Waals surface area contributed by atoms with Crippen molar-refractivity contribution in [3.05, 3.63) is 29.8 Å². The van der Waals surface area contributed by atoms with E-state index < -0.39 is 0 Å². The number of imidazole rings is 1. The zero-order valence-electron chi connectivity index (χ0n) is 11.6. The summed E-state index contributed by atoms with van der Waals surface area (Å²) in [5, 5.41) is 0. The quantitative estimate of drug-likeness (QED) is 0.902. The molecule has 0 amide bonds. The smallest absolute Gasteiger partial charge is 0.151 e. The van der Waals surface area contributed by atoms with Crippen LogP contribution in [0.15, 0.2) is 18.2 Å². The van der Waals surface area contributed by atoms with E-state index in [0.29, 0.717) is 18.5 Å². The third-order valence-corrected chi connectivity index (χ3v) is 3.27. The van der Waals surface area contributed by atoms with Crippen LogP contribution in [0.25, 0.3) is 11.0 Å². The van der Waals surface area contributed by atoms with Gasteiger partial charge in [-0.05, 0) is 26.0 Å². The molecule has 5 heteroatoms. The zero-order chi connectivity index (χ0) is 14.0. The van der Waals surface area contributed by atoms with E-state index in [9.17, 15) is 4.39 Å². The molecule has 0 saturated heterocycles. The van der Waals surface area contributed by atoms with Gasteiger partial charge in [0, 0.05) is 26.1 Å². The average Bonchev–Trinajstić information content (AvgIpc) is 2.75. The molecule has 1 heterocycles. The van der Waals surface area contributed by atoms with Gasteiger partial charge in [0.05, 0.1) is 11.6 Å². The Morgan fingerprint density at radius 2 is 2.16 bits per heavy atom. The molecule has 1 atom stereocenters. The van der Waals surface area contributed by atoms with Crippen molar-refractivity contribution in [3.63, 3.8) is 0 Å². The van der Waals surface area contributed by atoms with Crippen LogP contribution < -0.4 is 5.73 Å². The van der Waals surface area contributed by atoms with E-state index in [1.807, 2.05) is 10.6 Å². The molecule has 0 aliphatic heterocycles. The second-order valence-corrected chi connectivity index (χ2v) is 4.90. The predicted molar refractivity (Wildman–Crippen MR) is 73.6 cm³/mol. The molecule has 0 bridgehead atoms. The number of ether oxygens (including phenoxy) is 1. The first kappa shape index (κ1) is 14.0. The molecule has 0 radical (unpaired) electrons. The van der Waals surface area contributed by atoms with Gasteiger partial charge in [0.1, 0.15) is 11.3 Å². The van der Waals surface area contributed by atoms with Gasteiger partial charge in [-0.15, -0.1) is 0 Å². The number of hydrogen-bond donors (Lipinski definition) is 1. The molecule has 1 unspecified atom stereocenters. The number of para-hydroxylation sites is 1. The standard InChI is InChI=1S/C14H20FN3O/c1-9(2)18-12-6-4-5-11(15)14(12)17-13(18)7-10(8-16)19-3/h4-6,9-10H,7-8,16H2,1-3H3. The molecule has 1 aromatic carbocycles. The topological polar surface area (TPSA) is 53.1 Å². The Labute approximate surface area is 112 Å². The zero-order valence-corrected chi connectivity index (χ0v) is 11.6. The second kappa shape index (κ2) is 5.67. The van der Waals surface area contributed by atoms with Crippen molar-refractivity contribution in [1.82, 2.24) is 9.55 Å². The van der Waals surface area contributed by atoms with Crippen LogP contribution in [0.4, 0.5) is 4.39 Å². The van der Waals surface area contributed by atoms with Crippen LogP contribution in [0.3, 0.4) is 0 Å². The maximum atomic E-state index is 13.8. The molecule has 0 fully saturated rings. The van der Waals surface area contributed by atoms with Crippen molar-refractivity contribution in [2.45, 2.75) is 32.4 Å². The molecule has 2 aromatic rings. The van der Waals surface area contributed by atoms with E-state index in [2.05, 4.69) is 18.8 Å². The normalized spacial score (nSPS) is 13.4. The van der Waals surface area contributed by atoms with Crippen LogP contribution in [0.5, 0.6) is 0 Å². The fourth-order valence-electron chi connectivity index (χ4n) is 2.32. The summed E-state index contributed by atoms with van der Waals surface area (Å²) in [4.78, 5) is 4.42. The molecular formula is C14H20FN3O. The Morgan fingerprint density at radius 1 is 1.42 bits per heavy atom. The molecule has 0 aliphatic carbocycles. The maximum Gasteiger partial charge on any atom is 0.151 e. The Hall–Kier alpha value is -1.46. The summed E-state index contributed by atoms with van der Waals surface area (Å²) in [5.41, 5.74) is 6.88. The molecule has 4 nitrogen and oxygen atoms in total. The summed E-state index contributed by atoms with van der Waals surface area (Å²) >= 11 is 0. The number of methoxy groups -OCH3 is 1. The Balaban J connectivity index is 2.53. The highest BCUT2D eigenvalue weighted by molar-refractivity contribution is 5.76. The van der Waals surface area contributed by atoms with Gasteiger partial charge < -0.3 is 15.0 Å². The average molecular weight is 265 g/mol. The summed E-state index contributed by atoms with van der Waals surface area (Å²) in [6, 6.07) is 5.23. The summed E-state index contributed by atoms with van der Waals surface area (Å²) in [5.74, 6) is 0.521. The Kier molecular flexibility index (Phi) is 4.17. The fraction of sp³-hybridized carbons (Fsp3) is 0.500. The van der Waals surface area contributed by atoms with Crippen molar-refractivity contribution < 1.29 is 9.13 Å². The lowest BCUT2D eigenvalue weighted by Gasteiger charge is -2.16. The lowest BCUT2D eigenvalue weighted by molar-refractivity contribution is 0.107. The monoisotopic (exact) mass is 265 g/mol. The molecule has 0 spiro atoms. The third kappa shape index (κ3) is 2.62. The summed E-state index contributed by atoms with van der Waals surface area (Å²) in [6.07, 6.45) is 0.483. The van der Waals surface area contributed by atoms with Gasteiger partial charge in [0.15, 0.2) is 5.82 Å². The molecule has 1 aromatic heterocycles. The van der Waals surface area contributed by atoms with Gasteiger partial charge in [0.2, 0.25) is 0 Å². The Morgan fingerprint density at radius 3 is 2.74 bits per heavy atom. The first-order chi connectivity index (χ1) is 9.08. The SMILES string of the molecule is COC(CN)Cc1nc2c(F)cccc2n1C(C)C.